The number of aryl methyl sites for hydroxylation is 1. The summed E-state index contributed by atoms with van der Waals surface area (Å²) in [4.78, 5) is 48.4. The van der Waals surface area contributed by atoms with Crippen molar-refractivity contribution in [3.63, 3.8) is 0 Å². The monoisotopic (exact) mass is 591 g/mol. The van der Waals surface area contributed by atoms with Crippen molar-refractivity contribution < 1.29 is 34.1 Å². The Morgan fingerprint density at radius 2 is 2.03 bits per heavy atom. The van der Waals surface area contributed by atoms with Gasteiger partial charge in [0.2, 0.25) is 0 Å². The fraction of sp³-hybridized carbons (Fsp3) is 0.450. The third-order valence-electron chi connectivity index (χ3n) is 5.29. The molecule has 2 aromatic rings. The smallest absolute Gasteiger partial charge is 0.434 e. The zero-order chi connectivity index (χ0) is 25.2. The molecule has 1 aliphatic rings. The van der Waals surface area contributed by atoms with Crippen molar-refractivity contribution in [1.82, 2.24) is 9.55 Å². The summed E-state index contributed by atoms with van der Waals surface area (Å²) in [6, 6.07) is 4.60. The molecule has 1 saturated heterocycles. The van der Waals surface area contributed by atoms with Crippen LogP contribution >= 0.6 is 22.6 Å². The normalized spacial score (nSPS) is 22.9. The number of H-pyrrole nitrogens is 1. The van der Waals surface area contributed by atoms with Gasteiger partial charge in [0.1, 0.15) is 31.5 Å². The number of ether oxygens (including phenoxy) is 3. The Bertz CT molecular complexity index is 1200. The zero-order valence-corrected chi connectivity index (χ0v) is 20.2. The van der Waals surface area contributed by atoms with Crippen molar-refractivity contribution in [3.05, 3.63) is 70.0 Å². The van der Waals surface area contributed by atoms with Gasteiger partial charge < -0.3 is 24.4 Å². The summed E-state index contributed by atoms with van der Waals surface area (Å²) in [7, 11) is 0. The van der Waals surface area contributed by atoms with Crippen molar-refractivity contribution in [2.24, 2.45) is 0 Å². The number of aromatic amines is 1. The standard InChI is InChI=1S/C20H22IN3O10/c1-9-6-23(19(28)22-17(9)27)18-16(26)15(25)14(34-18)8-33-20(29)32-7-10(2)12-5-11(21)3-4-13(12)24(30)31/h3-6,10,14-16,18,25-26H,7-8H2,1-2H3,(H,22,27,28)/t10?,14-,15?,16?,18-/m1/s1. The minimum Gasteiger partial charge on any atom is -0.434 e. The molecule has 0 amide bonds. The number of aromatic nitrogens is 2. The largest absolute Gasteiger partial charge is 0.508 e. The second-order valence-electron chi connectivity index (χ2n) is 7.76. The highest BCUT2D eigenvalue weighted by molar-refractivity contribution is 14.1. The lowest BCUT2D eigenvalue weighted by atomic mass is 10.0. The summed E-state index contributed by atoms with van der Waals surface area (Å²) >= 11 is 2.02. The lowest BCUT2D eigenvalue weighted by molar-refractivity contribution is -0.385. The summed E-state index contributed by atoms with van der Waals surface area (Å²) in [5.74, 6) is -0.502. The molecule has 1 fully saturated rings. The molecule has 34 heavy (non-hydrogen) atoms. The van der Waals surface area contributed by atoms with E-state index >= 15 is 0 Å². The molecule has 0 aliphatic carbocycles. The maximum Gasteiger partial charge on any atom is 0.508 e. The molecule has 184 valence electrons. The highest BCUT2D eigenvalue weighted by atomic mass is 127. The van der Waals surface area contributed by atoms with Crippen molar-refractivity contribution in [1.29, 1.82) is 0 Å². The number of aliphatic hydroxyl groups is 2. The summed E-state index contributed by atoms with van der Waals surface area (Å²) in [5.41, 5.74) is -0.948. The molecular weight excluding hydrogens is 569 g/mol. The summed E-state index contributed by atoms with van der Waals surface area (Å²) in [6.07, 6.45) is -5.45. The van der Waals surface area contributed by atoms with Crippen LogP contribution in [0, 0.1) is 20.6 Å². The van der Waals surface area contributed by atoms with E-state index in [0.29, 0.717) is 5.56 Å². The molecule has 0 spiro atoms. The highest BCUT2D eigenvalue weighted by Gasteiger charge is 2.44. The first-order valence-corrected chi connectivity index (χ1v) is 11.1. The average molecular weight is 591 g/mol. The van der Waals surface area contributed by atoms with Crippen molar-refractivity contribution in [3.8, 4) is 0 Å². The van der Waals surface area contributed by atoms with Gasteiger partial charge in [0, 0.05) is 32.9 Å². The first-order valence-electron chi connectivity index (χ1n) is 10.1. The fourth-order valence-corrected chi connectivity index (χ4v) is 3.95. The van der Waals surface area contributed by atoms with E-state index in [1.54, 1.807) is 19.1 Å². The molecule has 3 rings (SSSR count). The summed E-state index contributed by atoms with van der Waals surface area (Å²) < 4.78 is 17.2. The Morgan fingerprint density at radius 3 is 2.71 bits per heavy atom. The van der Waals surface area contributed by atoms with Crippen LogP contribution in [0.15, 0.2) is 34.0 Å². The maximum atomic E-state index is 12.0. The van der Waals surface area contributed by atoms with Gasteiger partial charge >= 0.3 is 11.8 Å². The van der Waals surface area contributed by atoms with Crippen molar-refractivity contribution in [2.75, 3.05) is 13.2 Å². The predicted molar refractivity (Wildman–Crippen MR) is 124 cm³/mol. The van der Waals surface area contributed by atoms with E-state index < -0.39 is 59.4 Å². The predicted octanol–water partition coefficient (Wildman–Crippen LogP) is 0.934. The number of nitrogens with one attached hydrogen (secondary N) is 1. The summed E-state index contributed by atoms with van der Waals surface area (Å²) in [6.45, 7) is 2.41. The molecule has 1 aromatic carbocycles. The number of carbonyl (C=O) groups is 1. The number of benzene rings is 1. The van der Waals surface area contributed by atoms with Gasteiger partial charge in [-0.05, 0) is 41.6 Å². The van der Waals surface area contributed by atoms with Crippen LogP contribution in [-0.2, 0) is 14.2 Å². The molecule has 3 N–H and O–H groups in total. The van der Waals surface area contributed by atoms with Gasteiger partial charge in [-0.3, -0.25) is 24.5 Å². The number of rotatable bonds is 7. The van der Waals surface area contributed by atoms with Crippen LogP contribution in [0.2, 0.25) is 0 Å². The van der Waals surface area contributed by atoms with Gasteiger partial charge in [0.25, 0.3) is 11.2 Å². The van der Waals surface area contributed by atoms with Gasteiger partial charge in [0.05, 0.1) is 4.92 Å². The molecule has 0 radical (unpaired) electrons. The van der Waals surface area contributed by atoms with Crippen molar-refractivity contribution >= 4 is 34.4 Å². The van der Waals surface area contributed by atoms with Crippen LogP contribution in [0.25, 0.3) is 0 Å². The van der Waals surface area contributed by atoms with E-state index in [9.17, 15) is 34.7 Å². The number of halogens is 1. The molecule has 5 atom stereocenters. The van der Waals surface area contributed by atoms with Crippen LogP contribution in [0.5, 0.6) is 0 Å². The Morgan fingerprint density at radius 1 is 1.32 bits per heavy atom. The molecular formula is C20H22IN3O10. The van der Waals surface area contributed by atoms with Crippen LogP contribution in [0.3, 0.4) is 0 Å². The Hall–Kier alpha value is -2.82. The molecule has 0 saturated carbocycles. The SMILES string of the molecule is Cc1cn([C@@H]2O[C@H](COC(=O)OCC(C)c3cc(I)ccc3[N+](=O)[O-])C(O)C2O)c(=O)[nH]c1=O. The van der Waals surface area contributed by atoms with E-state index in [2.05, 4.69) is 4.98 Å². The molecule has 14 heteroatoms. The van der Waals surface area contributed by atoms with Crippen LogP contribution in [-0.4, -0.2) is 62.4 Å². The van der Waals surface area contributed by atoms with Gasteiger partial charge in [-0.15, -0.1) is 0 Å². The van der Waals surface area contributed by atoms with Crippen LogP contribution in [0.4, 0.5) is 10.5 Å². The Kier molecular flexibility index (Phi) is 8.06. The third kappa shape index (κ3) is 5.63. The van der Waals surface area contributed by atoms with E-state index in [1.165, 1.54) is 19.2 Å². The molecule has 13 nitrogen and oxygen atoms in total. The average Bonchev–Trinajstić information content (AvgIpc) is 3.06. The number of hydrogen-bond acceptors (Lipinski definition) is 10. The lowest BCUT2D eigenvalue weighted by Crippen LogP contribution is -2.38. The van der Waals surface area contributed by atoms with E-state index in [0.717, 1.165) is 8.14 Å². The highest BCUT2D eigenvalue weighted by Crippen LogP contribution is 2.30. The van der Waals surface area contributed by atoms with E-state index in [4.69, 9.17) is 14.2 Å². The number of hydrogen-bond donors (Lipinski definition) is 3. The number of nitro groups is 1. The zero-order valence-electron chi connectivity index (χ0n) is 18.0. The molecule has 3 unspecified atom stereocenters. The minimum atomic E-state index is -1.53. The summed E-state index contributed by atoms with van der Waals surface area (Å²) in [5, 5.41) is 31.7. The molecule has 2 heterocycles. The van der Waals surface area contributed by atoms with E-state index in [-0.39, 0.29) is 17.9 Å². The fourth-order valence-electron chi connectivity index (χ4n) is 3.43. The maximum absolute atomic E-state index is 12.0. The first-order chi connectivity index (χ1) is 16.0. The second-order valence-corrected chi connectivity index (χ2v) is 9.00. The Balaban J connectivity index is 1.58. The number of carbonyl (C=O) groups excluding carboxylic acids is 1. The molecule has 1 aliphatic heterocycles. The quantitative estimate of drug-likeness (QED) is 0.181. The van der Waals surface area contributed by atoms with Gasteiger partial charge in [-0.2, -0.15) is 0 Å². The van der Waals surface area contributed by atoms with Crippen LogP contribution < -0.4 is 11.2 Å². The van der Waals surface area contributed by atoms with Gasteiger partial charge in [-0.1, -0.05) is 6.92 Å². The number of aliphatic hydroxyl groups excluding tert-OH is 2. The number of nitro benzene ring substituents is 1. The lowest BCUT2D eigenvalue weighted by Gasteiger charge is -2.17. The Labute approximate surface area is 205 Å². The first kappa shape index (κ1) is 25.8. The van der Waals surface area contributed by atoms with Crippen LogP contribution in [0.1, 0.15) is 30.2 Å². The molecule has 1 aromatic heterocycles. The number of nitrogens with zero attached hydrogens (tertiary/aromatic N) is 2. The topological polar surface area (TPSA) is 183 Å². The second kappa shape index (κ2) is 10.6. The molecule has 0 bridgehead atoms. The van der Waals surface area contributed by atoms with Gasteiger partial charge in [-0.25, -0.2) is 9.59 Å². The minimum absolute atomic E-state index is 0.0971. The third-order valence-corrected chi connectivity index (χ3v) is 5.96. The van der Waals surface area contributed by atoms with Gasteiger partial charge in [0.15, 0.2) is 6.23 Å². The van der Waals surface area contributed by atoms with E-state index in [1.807, 2.05) is 22.6 Å². The van der Waals surface area contributed by atoms with Crippen molar-refractivity contribution in [2.45, 2.75) is 44.3 Å².